The lowest BCUT2D eigenvalue weighted by Gasteiger charge is -2.07. The highest BCUT2D eigenvalue weighted by Crippen LogP contribution is 2.23. The quantitative estimate of drug-likeness (QED) is 0.530. The van der Waals surface area contributed by atoms with Crippen LogP contribution < -0.4 is 15.4 Å². The van der Waals surface area contributed by atoms with Gasteiger partial charge in [-0.05, 0) is 12.1 Å². The van der Waals surface area contributed by atoms with E-state index >= 15 is 0 Å². The number of urea groups is 1. The Balaban J connectivity index is 1.52. The van der Waals surface area contributed by atoms with E-state index in [9.17, 15) is 4.79 Å². The molecule has 0 unspecified atom stereocenters. The van der Waals surface area contributed by atoms with Gasteiger partial charge in [0.15, 0.2) is 0 Å². The number of methoxy groups -OCH3 is 1. The van der Waals surface area contributed by atoms with Crippen molar-refractivity contribution in [1.82, 2.24) is 25.5 Å². The fourth-order valence-electron chi connectivity index (χ4n) is 2.30. The third kappa shape index (κ3) is 4.67. The van der Waals surface area contributed by atoms with Gasteiger partial charge in [-0.1, -0.05) is 6.07 Å². The average Bonchev–Trinajstić information content (AvgIpc) is 3.05. The minimum absolute atomic E-state index is 0.330. The van der Waals surface area contributed by atoms with Crippen molar-refractivity contribution in [2.45, 2.75) is 6.42 Å². The van der Waals surface area contributed by atoms with E-state index < -0.39 is 0 Å². The molecule has 2 amide bonds. The average molecular weight is 356 g/mol. The van der Waals surface area contributed by atoms with Crippen LogP contribution in [0.25, 0.3) is 10.9 Å². The van der Waals surface area contributed by atoms with E-state index in [1.165, 1.54) is 0 Å². The van der Waals surface area contributed by atoms with E-state index in [0.29, 0.717) is 37.9 Å². The van der Waals surface area contributed by atoms with Gasteiger partial charge in [-0.2, -0.15) is 0 Å². The van der Waals surface area contributed by atoms with Crippen molar-refractivity contribution >= 4 is 22.8 Å². The number of amides is 2. The number of carbonyl (C=O) groups excluding carboxylic acids is 1. The molecular weight excluding hydrogens is 336 g/mol. The number of nitrogens with zero attached hydrogens (tertiary/aromatic N) is 3. The number of anilines is 1. The van der Waals surface area contributed by atoms with Crippen LogP contribution in [-0.2, 0) is 11.2 Å². The maximum Gasteiger partial charge on any atom is 0.320 e. The van der Waals surface area contributed by atoms with Gasteiger partial charge in [0.1, 0.15) is 12.4 Å². The Kier molecular flexibility index (Phi) is 5.94. The predicted molar refractivity (Wildman–Crippen MR) is 96.2 cm³/mol. The van der Waals surface area contributed by atoms with E-state index in [4.69, 9.17) is 9.47 Å². The number of aromatic amines is 1. The molecular formula is C17H20N6O3. The van der Waals surface area contributed by atoms with Crippen LogP contribution >= 0.6 is 0 Å². The molecule has 0 aliphatic heterocycles. The molecule has 0 bridgehead atoms. The molecule has 9 heteroatoms. The van der Waals surface area contributed by atoms with Crippen molar-refractivity contribution < 1.29 is 14.3 Å². The number of aromatic nitrogens is 4. The number of hydrogen-bond acceptors (Lipinski definition) is 6. The van der Waals surface area contributed by atoms with E-state index in [1.807, 2.05) is 18.2 Å². The molecule has 3 rings (SSSR count). The van der Waals surface area contributed by atoms with Crippen molar-refractivity contribution in [2.75, 3.05) is 32.2 Å². The molecule has 0 radical (unpaired) electrons. The molecule has 0 spiro atoms. The summed E-state index contributed by atoms with van der Waals surface area (Å²) in [5.74, 6) is 0.871. The molecule has 9 nitrogen and oxygen atoms in total. The Morgan fingerprint density at radius 2 is 2.19 bits per heavy atom. The zero-order valence-electron chi connectivity index (χ0n) is 14.4. The van der Waals surface area contributed by atoms with Crippen molar-refractivity contribution in [3.63, 3.8) is 0 Å². The van der Waals surface area contributed by atoms with Crippen molar-refractivity contribution in [3.05, 3.63) is 42.4 Å². The standard InChI is InChI=1S/C17H20N6O3/c1-25-8-9-26-16-13-11-20-15(10-14(13)22-23-16)21-17(24)19-7-5-12-4-2-3-6-18-12/h2-4,6,10-11H,5,7-9H2,1H3,(H,22,23)(H2,19,20,21,24). The molecule has 3 heterocycles. The Bertz CT molecular complexity index is 852. The molecule has 0 aliphatic rings. The maximum absolute atomic E-state index is 12.0. The van der Waals surface area contributed by atoms with Gasteiger partial charge in [0, 0.05) is 44.2 Å². The normalized spacial score (nSPS) is 10.7. The fraction of sp³-hybridized carbons (Fsp3) is 0.294. The van der Waals surface area contributed by atoms with Gasteiger partial charge < -0.3 is 14.8 Å². The number of H-pyrrole nitrogens is 1. The van der Waals surface area contributed by atoms with Gasteiger partial charge in [-0.3, -0.25) is 15.4 Å². The van der Waals surface area contributed by atoms with Crippen molar-refractivity contribution in [1.29, 1.82) is 0 Å². The van der Waals surface area contributed by atoms with E-state index in [0.717, 1.165) is 16.6 Å². The Morgan fingerprint density at radius 3 is 3.00 bits per heavy atom. The van der Waals surface area contributed by atoms with Crippen LogP contribution in [0, 0.1) is 0 Å². The third-order valence-electron chi connectivity index (χ3n) is 3.57. The van der Waals surface area contributed by atoms with E-state index in [-0.39, 0.29) is 6.03 Å². The van der Waals surface area contributed by atoms with Crippen molar-refractivity contribution in [2.24, 2.45) is 0 Å². The van der Waals surface area contributed by atoms with Crippen LogP contribution in [0.15, 0.2) is 36.7 Å². The first kappa shape index (κ1) is 17.6. The van der Waals surface area contributed by atoms with Crippen LogP contribution in [0.5, 0.6) is 5.88 Å². The Hall–Kier alpha value is -3.20. The number of ether oxygens (including phenoxy) is 2. The van der Waals surface area contributed by atoms with Crippen LogP contribution in [0.3, 0.4) is 0 Å². The van der Waals surface area contributed by atoms with Gasteiger partial charge in [0.05, 0.1) is 17.5 Å². The lowest BCUT2D eigenvalue weighted by atomic mass is 10.3. The number of nitrogens with one attached hydrogen (secondary N) is 3. The molecule has 0 atom stereocenters. The monoisotopic (exact) mass is 356 g/mol. The smallest absolute Gasteiger partial charge is 0.320 e. The lowest BCUT2D eigenvalue weighted by Crippen LogP contribution is -2.30. The largest absolute Gasteiger partial charge is 0.474 e. The van der Waals surface area contributed by atoms with E-state index in [2.05, 4.69) is 30.8 Å². The second kappa shape index (κ2) is 8.77. The van der Waals surface area contributed by atoms with Crippen LogP contribution in [0.1, 0.15) is 5.69 Å². The Morgan fingerprint density at radius 1 is 1.27 bits per heavy atom. The second-order valence-corrected chi connectivity index (χ2v) is 5.44. The first-order valence-corrected chi connectivity index (χ1v) is 8.17. The molecule has 0 aromatic carbocycles. The fourth-order valence-corrected chi connectivity index (χ4v) is 2.30. The van der Waals surface area contributed by atoms with Crippen LogP contribution in [0.4, 0.5) is 10.6 Å². The zero-order chi connectivity index (χ0) is 18.2. The van der Waals surface area contributed by atoms with Crippen LogP contribution in [-0.4, -0.2) is 53.1 Å². The molecule has 26 heavy (non-hydrogen) atoms. The third-order valence-corrected chi connectivity index (χ3v) is 3.57. The number of fused-ring (bicyclic) bond motifs is 1. The topological polar surface area (TPSA) is 114 Å². The summed E-state index contributed by atoms with van der Waals surface area (Å²) in [6, 6.07) is 7.06. The highest BCUT2D eigenvalue weighted by Gasteiger charge is 2.10. The maximum atomic E-state index is 12.0. The number of pyridine rings is 2. The second-order valence-electron chi connectivity index (χ2n) is 5.44. The number of hydrogen-bond donors (Lipinski definition) is 3. The summed E-state index contributed by atoms with van der Waals surface area (Å²) in [6.07, 6.45) is 3.99. The minimum Gasteiger partial charge on any atom is -0.474 e. The molecule has 3 aromatic rings. The highest BCUT2D eigenvalue weighted by molar-refractivity contribution is 5.91. The van der Waals surface area contributed by atoms with E-state index in [1.54, 1.807) is 25.6 Å². The summed E-state index contributed by atoms with van der Waals surface area (Å²) in [5, 5.41) is 13.2. The molecule has 0 saturated carbocycles. The SMILES string of the molecule is COCCOc1n[nH]c2cc(NC(=O)NCCc3ccccn3)ncc12. The summed E-state index contributed by atoms with van der Waals surface area (Å²) >= 11 is 0. The number of carbonyl (C=O) groups is 1. The van der Waals surface area contributed by atoms with Gasteiger partial charge in [0.2, 0.25) is 5.88 Å². The summed E-state index contributed by atoms with van der Waals surface area (Å²) in [6.45, 7) is 1.35. The molecule has 0 saturated heterocycles. The first-order chi connectivity index (χ1) is 12.8. The molecule has 3 N–H and O–H groups in total. The zero-order valence-corrected chi connectivity index (χ0v) is 14.4. The molecule has 136 valence electrons. The summed E-state index contributed by atoms with van der Waals surface area (Å²) in [4.78, 5) is 20.4. The summed E-state index contributed by atoms with van der Waals surface area (Å²) in [7, 11) is 1.60. The first-order valence-electron chi connectivity index (χ1n) is 8.17. The molecule has 0 fully saturated rings. The van der Waals surface area contributed by atoms with Crippen LogP contribution in [0.2, 0.25) is 0 Å². The summed E-state index contributed by atoms with van der Waals surface area (Å²) in [5.41, 5.74) is 1.64. The lowest BCUT2D eigenvalue weighted by molar-refractivity contribution is 0.144. The van der Waals surface area contributed by atoms with Gasteiger partial charge in [-0.25, -0.2) is 9.78 Å². The molecule has 3 aromatic heterocycles. The van der Waals surface area contributed by atoms with Crippen molar-refractivity contribution in [3.8, 4) is 5.88 Å². The van der Waals surface area contributed by atoms with Gasteiger partial charge >= 0.3 is 6.03 Å². The van der Waals surface area contributed by atoms with Gasteiger partial charge in [-0.15, -0.1) is 5.10 Å². The summed E-state index contributed by atoms with van der Waals surface area (Å²) < 4.78 is 10.4. The highest BCUT2D eigenvalue weighted by atomic mass is 16.5. The van der Waals surface area contributed by atoms with Gasteiger partial charge in [0.25, 0.3) is 0 Å². The minimum atomic E-state index is -0.330. The predicted octanol–water partition coefficient (Wildman–Crippen LogP) is 1.74. The molecule has 0 aliphatic carbocycles. The Labute approximate surface area is 150 Å². The number of rotatable bonds is 8.